The minimum Gasteiger partial charge on any atom is -0.386 e. The monoisotopic (exact) mass is 227 g/mol. The van der Waals surface area contributed by atoms with E-state index in [4.69, 9.17) is 0 Å². The Balaban J connectivity index is 2.40. The van der Waals surface area contributed by atoms with E-state index in [2.05, 4.69) is 5.32 Å². The molecule has 0 radical (unpaired) electrons. The number of benzene rings is 1. The average Bonchev–Trinajstić information content (AvgIpc) is 2.23. The molecule has 0 spiro atoms. The molecule has 86 valence electrons. The van der Waals surface area contributed by atoms with Crippen molar-refractivity contribution in [1.29, 1.82) is 0 Å². The fourth-order valence-corrected chi connectivity index (χ4v) is 2.09. The van der Waals surface area contributed by atoms with Gasteiger partial charge in [0.2, 0.25) is 6.41 Å². The van der Waals surface area contributed by atoms with Crippen LogP contribution in [0.5, 0.6) is 0 Å². The highest BCUT2D eigenvalue weighted by atomic mass is 19.1. The van der Waals surface area contributed by atoms with E-state index in [0.29, 0.717) is 24.8 Å². The lowest BCUT2D eigenvalue weighted by Crippen LogP contribution is -2.37. The van der Waals surface area contributed by atoms with Gasteiger partial charge in [0.25, 0.3) is 0 Å². The maximum atomic E-state index is 13.4. The van der Waals surface area contributed by atoms with E-state index in [9.17, 15) is 18.7 Å². The van der Waals surface area contributed by atoms with Crippen LogP contribution in [-0.4, -0.2) is 17.6 Å². The zero-order valence-electron chi connectivity index (χ0n) is 8.41. The van der Waals surface area contributed by atoms with Crippen LogP contribution >= 0.6 is 0 Å². The third-order valence-corrected chi connectivity index (χ3v) is 2.88. The summed E-state index contributed by atoms with van der Waals surface area (Å²) in [5.41, 5.74) is 0.556. The van der Waals surface area contributed by atoms with Gasteiger partial charge in [0.1, 0.15) is 11.6 Å². The molecule has 2 rings (SSSR count). The van der Waals surface area contributed by atoms with Gasteiger partial charge in [-0.15, -0.1) is 0 Å². The van der Waals surface area contributed by atoms with Crippen molar-refractivity contribution in [2.45, 2.75) is 25.0 Å². The molecule has 2 N–H and O–H groups in total. The van der Waals surface area contributed by atoms with Gasteiger partial charge in [-0.3, -0.25) is 4.79 Å². The summed E-state index contributed by atoms with van der Waals surface area (Å²) in [4.78, 5) is 10.3. The van der Waals surface area contributed by atoms with Gasteiger partial charge >= 0.3 is 0 Å². The Morgan fingerprint density at radius 1 is 1.44 bits per heavy atom. The Morgan fingerprint density at radius 2 is 2.19 bits per heavy atom. The van der Waals surface area contributed by atoms with E-state index in [1.807, 2.05) is 0 Å². The largest absolute Gasteiger partial charge is 0.386 e. The Hall–Kier alpha value is -1.49. The van der Waals surface area contributed by atoms with Gasteiger partial charge in [0, 0.05) is 6.07 Å². The van der Waals surface area contributed by atoms with Gasteiger partial charge in [-0.2, -0.15) is 0 Å². The topological polar surface area (TPSA) is 49.3 Å². The lowest BCUT2D eigenvalue weighted by atomic mass is 9.85. The first-order chi connectivity index (χ1) is 7.63. The van der Waals surface area contributed by atoms with Gasteiger partial charge in [0.05, 0.1) is 12.1 Å². The Bertz CT molecular complexity index is 423. The second-order valence-electron chi connectivity index (χ2n) is 3.83. The molecule has 0 aromatic heterocycles. The molecular weight excluding hydrogens is 216 g/mol. The summed E-state index contributed by atoms with van der Waals surface area (Å²) in [5, 5.41) is 12.3. The molecule has 0 aliphatic heterocycles. The SMILES string of the molecule is O=CNC1CCc2c(F)cc(F)cc2C1O. The van der Waals surface area contributed by atoms with E-state index >= 15 is 0 Å². The lowest BCUT2D eigenvalue weighted by molar-refractivity contribution is -0.111. The summed E-state index contributed by atoms with van der Waals surface area (Å²) in [6.45, 7) is 0. The number of aliphatic hydroxyl groups excluding tert-OH is 1. The minimum absolute atomic E-state index is 0.225. The van der Waals surface area contributed by atoms with Crippen LogP contribution in [0.1, 0.15) is 23.7 Å². The number of hydrogen-bond acceptors (Lipinski definition) is 2. The number of rotatable bonds is 2. The van der Waals surface area contributed by atoms with Crippen LogP contribution in [-0.2, 0) is 11.2 Å². The fraction of sp³-hybridized carbons (Fsp3) is 0.364. The van der Waals surface area contributed by atoms with Crippen molar-refractivity contribution in [3.05, 3.63) is 34.9 Å². The van der Waals surface area contributed by atoms with Gasteiger partial charge < -0.3 is 10.4 Å². The van der Waals surface area contributed by atoms with Crippen molar-refractivity contribution < 1.29 is 18.7 Å². The molecule has 1 amide bonds. The quantitative estimate of drug-likeness (QED) is 0.742. The second-order valence-corrected chi connectivity index (χ2v) is 3.83. The van der Waals surface area contributed by atoms with Crippen molar-refractivity contribution in [3.63, 3.8) is 0 Å². The first-order valence-electron chi connectivity index (χ1n) is 4.99. The summed E-state index contributed by atoms with van der Waals surface area (Å²) >= 11 is 0. The first kappa shape index (κ1) is 11.0. The average molecular weight is 227 g/mol. The minimum atomic E-state index is -1.06. The molecule has 1 aromatic carbocycles. The molecule has 2 unspecified atom stereocenters. The molecule has 0 bridgehead atoms. The Kier molecular flexibility index (Phi) is 2.87. The number of fused-ring (bicyclic) bond motifs is 1. The number of halogens is 2. The maximum absolute atomic E-state index is 13.4. The van der Waals surface area contributed by atoms with Crippen molar-refractivity contribution in [3.8, 4) is 0 Å². The summed E-state index contributed by atoms with van der Waals surface area (Å²) in [5.74, 6) is -1.36. The van der Waals surface area contributed by atoms with Crippen LogP contribution < -0.4 is 5.32 Å². The third-order valence-electron chi connectivity index (χ3n) is 2.88. The zero-order valence-corrected chi connectivity index (χ0v) is 8.41. The molecule has 0 fully saturated rings. The van der Waals surface area contributed by atoms with E-state index in [-0.39, 0.29) is 5.56 Å². The number of nitrogens with one attached hydrogen (secondary N) is 1. The molecule has 5 heteroatoms. The summed E-state index contributed by atoms with van der Waals surface area (Å²) in [6, 6.07) is 1.44. The predicted molar refractivity (Wildman–Crippen MR) is 52.6 cm³/mol. The van der Waals surface area contributed by atoms with Gasteiger partial charge in [0.15, 0.2) is 0 Å². The predicted octanol–water partition coefficient (Wildman–Crippen LogP) is 1.06. The summed E-state index contributed by atoms with van der Waals surface area (Å²) in [7, 11) is 0. The highest BCUT2D eigenvalue weighted by Gasteiger charge is 2.29. The molecule has 1 aliphatic carbocycles. The molecule has 0 saturated carbocycles. The maximum Gasteiger partial charge on any atom is 0.207 e. The smallest absolute Gasteiger partial charge is 0.207 e. The van der Waals surface area contributed by atoms with Crippen LogP contribution in [0.2, 0.25) is 0 Å². The van der Waals surface area contributed by atoms with Crippen LogP contribution in [0.3, 0.4) is 0 Å². The Morgan fingerprint density at radius 3 is 2.88 bits per heavy atom. The van der Waals surface area contributed by atoms with Crippen LogP contribution in [0.25, 0.3) is 0 Å². The molecule has 0 saturated heterocycles. The highest BCUT2D eigenvalue weighted by Crippen LogP contribution is 2.32. The molecule has 1 aromatic rings. The van der Waals surface area contributed by atoms with Crippen LogP contribution in [0, 0.1) is 11.6 Å². The molecule has 1 aliphatic rings. The van der Waals surface area contributed by atoms with Gasteiger partial charge in [-0.25, -0.2) is 8.78 Å². The normalized spacial score (nSPS) is 23.7. The van der Waals surface area contributed by atoms with E-state index in [1.54, 1.807) is 0 Å². The lowest BCUT2D eigenvalue weighted by Gasteiger charge is -2.29. The number of carbonyl (C=O) groups excluding carboxylic acids is 1. The molecule has 2 atom stereocenters. The number of amides is 1. The first-order valence-corrected chi connectivity index (χ1v) is 4.99. The van der Waals surface area contributed by atoms with Crippen LogP contribution in [0.15, 0.2) is 12.1 Å². The Labute approximate surface area is 91.1 Å². The standard InChI is InChI=1S/C11H11F2NO2/c12-6-3-8-7(9(13)4-6)1-2-10(11(8)16)14-5-15/h3-5,10-11,16H,1-2H2,(H,14,15). The number of carbonyl (C=O) groups is 1. The van der Waals surface area contributed by atoms with E-state index < -0.39 is 23.8 Å². The number of aliphatic hydroxyl groups is 1. The van der Waals surface area contributed by atoms with E-state index in [0.717, 1.165) is 12.1 Å². The fourth-order valence-electron chi connectivity index (χ4n) is 2.09. The second kappa shape index (κ2) is 4.17. The molecular formula is C11H11F2NO2. The summed E-state index contributed by atoms with van der Waals surface area (Å²) < 4.78 is 26.4. The molecule has 16 heavy (non-hydrogen) atoms. The summed E-state index contributed by atoms with van der Waals surface area (Å²) in [6.07, 6.45) is 0.243. The third kappa shape index (κ3) is 1.78. The van der Waals surface area contributed by atoms with Crippen molar-refractivity contribution in [2.24, 2.45) is 0 Å². The van der Waals surface area contributed by atoms with E-state index in [1.165, 1.54) is 0 Å². The van der Waals surface area contributed by atoms with Crippen molar-refractivity contribution >= 4 is 6.41 Å². The van der Waals surface area contributed by atoms with Crippen molar-refractivity contribution in [2.75, 3.05) is 0 Å². The van der Waals surface area contributed by atoms with Gasteiger partial charge in [-0.05, 0) is 30.0 Å². The van der Waals surface area contributed by atoms with Gasteiger partial charge in [-0.1, -0.05) is 0 Å². The molecule has 3 nitrogen and oxygen atoms in total. The van der Waals surface area contributed by atoms with Crippen molar-refractivity contribution in [1.82, 2.24) is 5.32 Å². The number of hydrogen-bond donors (Lipinski definition) is 2. The molecule has 0 heterocycles. The zero-order chi connectivity index (χ0) is 11.7. The highest BCUT2D eigenvalue weighted by molar-refractivity contribution is 5.48. The van der Waals surface area contributed by atoms with Crippen LogP contribution in [0.4, 0.5) is 8.78 Å².